The molecule has 34 heavy (non-hydrogen) atoms. The Morgan fingerprint density at radius 2 is 0.882 bits per heavy atom. The van der Waals surface area contributed by atoms with E-state index in [1.807, 2.05) is 0 Å². The third-order valence-corrected chi connectivity index (χ3v) is 6.58. The molecule has 0 N–H and O–H groups in total. The number of para-hydroxylation sites is 2. The molecular weight excluding hydrogens is 410 g/mol. The van der Waals surface area contributed by atoms with Crippen molar-refractivity contribution in [3.63, 3.8) is 0 Å². The van der Waals surface area contributed by atoms with E-state index in [1.54, 1.807) is 0 Å². The molecule has 0 fully saturated rings. The Balaban J connectivity index is 1.60. The molecule has 1 heteroatoms. The van der Waals surface area contributed by atoms with Gasteiger partial charge in [-0.05, 0) is 39.9 Å². The van der Waals surface area contributed by atoms with Crippen molar-refractivity contribution >= 4 is 16.9 Å². The van der Waals surface area contributed by atoms with Gasteiger partial charge >= 0.3 is 0 Å². The van der Waals surface area contributed by atoms with Crippen molar-refractivity contribution in [2.75, 3.05) is 4.90 Å². The number of anilines is 2. The molecule has 0 bridgehead atoms. The van der Waals surface area contributed by atoms with E-state index in [-0.39, 0.29) is 5.92 Å². The normalized spacial score (nSPS) is 12.5. The van der Waals surface area contributed by atoms with Crippen molar-refractivity contribution in [2.45, 2.75) is 5.92 Å². The topological polar surface area (TPSA) is 3.24 Å². The Labute approximate surface area is 201 Å². The number of hydrogen-bond acceptors (Lipinski definition) is 1. The smallest absolute Gasteiger partial charge is 0.0497 e. The SMILES string of the molecule is C(=C(c1ccccc1)c1ccccc1)N1c2ccccc2C(c2ccccc2)c2ccccc21. The van der Waals surface area contributed by atoms with Gasteiger partial charge in [-0.1, -0.05) is 127 Å². The molecule has 0 unspecified atom stereocenters. The zero-order valence-electron chi connectivity index (χ0n) is 18.9. The maximum atomic E-state index is 2.37. The molecule has 1 nitrogen and oxygen atoms in total. The Morgan fingerprint density at radius 3 is 1.38 bits per heavy atom. The van der Waals surface area contributed by atoms with Crippen molar-refractivity contribution in [1.82, 2.24) is 0 Å². The number of rotatable bonds is 4. The summed E-state index contributed by atoms with van der Waals surface area (Å²) in [6, 6.07) is 49.8. The summed E-state index contributed by atoms with van der Waals surface area (Å²) >= 11 is 0. The lowest BCUT2D eigenvalue weighted by molar-refractivity contribution is 0.937. The summed E-state index contributed by atoms with van der Waals surface area (Å²) in [5, 5.41) is 0. The van der Waals surface area contributed by atoms with Crippen molar-refractivity contribution < 1.29 is 0 Å². The van der Waals surface area contributed by atoms with Crippen LogP contribution in [0.3, 0.4) is 0 Å². The maximum Gasteiger partial charge on any atom is 0.0497 e. The number of hydrogen-bond donors (Lipinski definition) is 0. The summed E-state index contributed by atoms with van der Waals surface area (Å²) in [5.41, 5.74) is 10.0. The lowest BCUT2D eigenvalue weighted by Crippen LogP contribution is -2.22. The molecule has 0 spiro atoms. The molecular formula is C33H25N. The van der Waals surface area contributed by atoms with Gasteiger partial charge in [-0.25, -0.2) is 0 Å². The Bertz CT molecular complexity index is 1350. The van der Waals surface area contributed by atoms with E-state index in [0.717, 1.165) is 0 Å². The average molecular weight is 436 g/mol. The molecule has 6 rings (SSSR count). The molecule has 0 aliphatic carbocycles. The summed E-state index contributed by atoms with van der Waals surface area (Å²) in [5.74, 6) is 0.204. The van der Waals surface area contributed by atoms with Crippen molar-refractivity contribution in [3.05, 3.63) is 174 Å². The molecule has 0 atom stereocenters. The number of benzene rings is 5. The van der Waals surface area contributed by atoms with Crippen molar-refractivity contribution in [2.24, 2.45) is 0 Å². The van der Waals surface area contributed by atoms with Gasteiger partial charge in [-0.3, -0.25) is 0 Å². The van der Waals surface area contributed by atoms with Gasteiger partial charge in [0, 0.05) is 29.1 Å². The molecule has 162 valence electrons. The molecule has 0 amide bonds. The molecule has 0 saturated carbocycles. The van der Waals surface area contributed by atoms with Gasteiger partial charge in [0.1, 0.15) is 0 Å². The van der Waals surface area contributed by atoms with Crippen LogP contribution in [0.2, 0.25) is 0 Å². The van der Waals surface area contributed by atoms with E-state index in [2.05, 4.69) is 151 Å². The Hall–Kier alpha value is -4.36. The highest BCUT2D eigenvalue weighted by Crippen LogP contribution is 2.49. The zero-order valence-corrected chi connectivity index (χ0v) is 18.9. The first-order valence-corrected chi connectivity index (χ1v) is 11.7. The van der Waals surface area contributed by atoms with Gasteiger partial charge in [0.25, 0.3) is 0 Å². The first-order valence-electron chi connectivity index (χ1n) is 11.7. The largest absolute Gasteiger partial charge is 0.316 e. The third-order valence-electron chi connectivity index (χ3n) is 6.58. The maximum absolute atomic E-state index is 2.37. The minimum Gasteiger partial charge on any atom is -0.316 e. The zero-order chi connectivity index (χ0) is 22.7. The van der Waals surface area contributed by atoms with E-state index in [4.69, 9.17) is 0 Å². The van der Waals surface area contributed by atoms with Crippen LogP contribution >= 0.6 is 0 Å². The van der Waals surface area contributed by atoms with Crippen LogP contribution in [-0.4, -0.2) is 0 Å². The number of nitrogens with zero attached hydrogens (tertiary/aromatic N) is 1. The second kappa shape index (κ2) is 8.88. The van der Waals surface area contributed by atoms with Crippen molar-refractivity contribution in [1.29, 1.82) is 0 Å². The molecule has 0 saturated heterocycles. The van der Waals surface area contributed by atoms with Crippen LogP contribution in [0.4, 0.5) is 11.4 Å². The monoisotopic (exact) mass is 435 g/mol. The van der Waals surface area contributed by atoms with Gasteiger partial charge in [0.15, 0.2) is 0 Å². The van der Waals surface area contributed by atoms with E-state index in [9.17, 15) is 0 Å². The lowest BCUT2D eigenvalue weighted by atomic mass is 9.80. The van der Waals surface area contributed by atoms with E-state index in [1.165, 1.54) is 44.8 Å². The second-order valence-electron chi connectivity index (χ2n) is 8.61. The van der Waals surface area contributed by atoms with Crippen LogP contribution in [0.25, 0.3) is 5.57 Å². The van der Waals surface area contributed by atoms with E-state index in [0.29, 0.717) is 0 Å². The highest BCUT2D eigenvalue weighted by atomic mass is 15.1. The summed E-state index contributed by atoms with van der Waals surface area (Å²) in [6.45, 7) is 0. The highest BCUT2D eigenvalue weighted by molar-refractivity contribution is 5.87. The van der Waals surface area contributed by atoms with E-state index < -0.39 is 0 Å². The number of fused-ring (bicyclic) bond motifs is 2. The van der Waals surface area contributed by atoms with Crippen molar-refractivity contribution in [3.8, 4) is 0 Å². The standard InChI is InChI=1S/C33H25N/c1-4-14-25(15-5-1)30(26-16-6-2-7-17-26)24-34-31-22-12-10-20-28(31)33(27-18-8-3-9-19-27)29-21-11-13-23-32(29)34/h1-24,33H. The summed E-state index contributed by atoms with van der Waals surface area (Å²) in [6.07, 6.45) is 2.31. The molecule has 1 heterocycles. The minimum atomic E-state index is 0.204. The molecule has 1 aliphatic heterocycles. The van der Waals surface area contributed by atoms with Gasteiger partial charge in [0.2, 0.25) is 0 Å². The van der Waals surface area contributed by atoms with Gasteiger partial charge in [-0.15, -0.1) is 0 Å². The van der Waals surface area contributed by atoms with E-state index >= 15 is 0 Å². The molecule has 1 aliphatic rings. The Kier molecular flexibility index (Phi) is 5.29. The predicted molar refractivity (Wildman–Crippen MR) is 142 cm³/mol. The first kappa shape index (κ1) is 20.3. The molecule has 0 radical (unpaired) electrons. The van der Waals surface area contributed by atoms with Gasteiger partial charge in [0.05, 0.1) is 0 Å². The summed E-state index contributed by atoms with van der Waals surface area (Å²) in [4.78, 5) is 2.37. The quantitative estimate of drug-likeness (QED) is 0.274. The fourth-order valence-corrected chi connectivity index (χ4v) is 5.02. The van der Waals surface area contributed by atoms with Gasteiger partial charge < -0.3 is 4.90 Å². The Morgan fingerprint density at radius 1 is 0.471 bits per heavy atom. The van der Waals surface area contributed by atoms with Crippen LogP contribution in [0.15, 0.2) is 146 Å². The average Bonchev–Trinajstić information content (AvgIpc) is 2.92. The molecule has 5 aromatic carbocycles. The minimum absolute atomic E-state index is 0.204. The lowest BCUT2D eigenvalue weighted by Gasteiger charge is -2.36. The predicted octanol–water partition coefficient (Wildman–Crippen LogP) is 8.41. The second-order valence-corrected chi connectivity index (χ2v) is 8.61. The fraction of sp³-hybridized carbons (Fsp3) is 0.0303. The van der Waals surface area contributed by atoms with Gasteiger partial charge in [-0.2, -0.15) is 0 Å². The third kappa shape index (κ3) is 3.62. The van der Waals surface area contributed by atoms with Crippen LogP contribution in [0.5, 0.6) is 0 Å². The first-order chi connectivity index (χ1) is 16.9. The van der Waals surface area contributed by atoms with Crippen LogP contribution in [0, 0.1) is 0 Å². The molecule has 5 aromatic rings. The van der Waals surface area contributed by atoms with Crippen LogP contribution < -0.4 is 4.90 Å². The summed E-state index contributed by atoms with van der Waals surface area (Å²) in [7, 11) is 0. The fourth-order valence-electron chi connectivity index (χ4n) is 5.02. The summed E-state index contributed by atoms with van der Waals surface area (Å²) < 4.78 is 0. The van der Waals surface area contributed by atoms with Crippen LogP contribution in [0.1, 0.15) is 33.7 Å². The molecule has 0 aromatic heterocycles. The highest BCUT2D eigenvalue weighted by Gasteiger charge is 2.30. The van der Waals surface area contributed by atoms with Crippen LogP contribution in [-0.2, 0) is 0 Å².